The average molecular weight is 257 g/mol. The largest absolute Gasteiger partial charge is 0.481 e. The van der Waals surface area contributed by atoms with Crippen LogP contribution in [0, 0.1) is 13.8 Å². The molecular weight excluding hydrogens is 244 g/mol. The van der Waals surface area contributed by atoms with Gasteiger partial charge in [-0.1, -0.05) is 22.0 Å². The first-order valence-corrected chi connectivity index (χ1v) is 5.22. The zero-order valence-corrected chi connectivity index (χ0v) is 10.1. The number of aryl methyl sites for hydroxylation is 2. The van der Waals surface area contributed by atoms with Gasteiger partial charge in [-0.3, -0.25) is 4.79 Å². The molecule has 0 fully saturated rings. The number of carboxylic acids is 1. The third-order valence-electron chi connectivity index (χ3n) is 2.38. The van der Waals surface area contributed by atoms with E-state index in [0.29, 0.717) is 0 Å². The highest BCUT2D eigenvalue weighted by Gasteiger charge is 2.16. The van der Waals surface area contributed by atoms with Gasteiger partial charge in [0.25, 0.3) is 0 Å². The van der Waals surface area contributed by atoms with Crippen molar-refractivity contribution in [1.29, 1.82) is 0 Å². The molecule has 1 unspecified atom stereocenters. The molecule has 2 nitrogen and oxygen atoms in total. The summed E-state index contributed by atoms with van der Waals surface area (Å²) in [7, 11) is 0. The monoisotopic (exact) mass is 256 g/mol. The summed E-state index contributed by atoms with van der Waals surface area (Å²) in [5, 5.41) is 8.91. The van der Waals surface area contributed by atoms with Crippen LogP contribution in [0.2, 0.25) is 0 Å². The second-order valence-electron chi connectivity index (χ2n) is 3.52. The molecule has 0 spiro atoms. The first-order valence-electron chi connectivity index (χ1n) is 4.43. The molecule has 0 heterocycles. The van der Waals surface area contributed by atoms with Crippen LogP contribution < -0.4 is 0 Å². The van der Waals surface area contributed by atoms with Crippen molar-refractivity contribution in [2.24, 2.45) is 0 Å². The van der Waals surface area contributed by atoms with Crippen molar-refractivity contribution in [1.82, 2.24) is 0 Å². The molecule has 0 aliphatic carbocycles. The van der Waals surface area contributed by atoms with Gasteiger partial charge in [0, 0.05) is 4.47 Å². The molecule has 0 amide bonds. The molecule has 1 N–H and O–H groups in total. The fraction of sp³-hybridized carbons (Fsp3) is 0.364. The van der Waals surface area contributed by atoms with Crippen LogP contribution in [0.1, 0.15) is 29.5 Å². The lowest BCUT2D eigenvalue weighted by atomic mass is 9.95. The molecule has 0 saturated heterocycles. The fourth-order valence-corrected chi connectivity index (χ4v) is 1.86. The molecule has 1 aromatic rings. The number of hydrogen-bond acceptors (Lipinski definition) is 1. The Balaban J connectivity index is 3.22. The van der Waals surface area contributed by atoms with Gasteiger partial charge in [0.15, 0.2) is 0 Å². The van der Waals surface area contributed by atoms with Crippen LogP contribution in [0.25, 0.3) is 0 Å². The van der Waals surface area contributed by atoms with Crippen LogP contribution in [0.15, 0.2) is 16.6 Å². The molecule has 0 aliphatic heterocycles. The Labute approximate surface area is 92.1 Å². The third-order valence-corrected chi connectivity index (χ3v) is 3.24. The van der Waals surface area contributed by atoms with Crippen LogP contribution in [-0.2, 0) is 4.79 Å². The minimum Gasteiger partial charge on any atom is -0.481 e. The summed E-state index contributed by atoms with van der Waals surface area (Å²) in [6.45, 7) is 5.60. The summed E-state index contributed by atoms with van der Waals surface area (Å²) in [5.74, 6) is -1.23. The van der Waals surface area contributed by atoms with Crippen molar-refractivity contribution in [3.05, 3.63) is 33.3 Å². The summed E-state index contributed by atoms with van der Waals surface area (Å²) >= 11 is 3.42. The van der Waals surface area contributed by atoms with Gasteiger partial charge in [0.05, 0.1) is 5.92 Å². The number of hydrogen-bond donors (Lipinski definition) is 1. The zero-order chi connectivity index (χ0) is 10.9. The number of carboxylic acid groups (broad SMARTS) is 1. The second-order valence-corrected chi connectivity index (χ2v) is 4.37. The molecule has 1 atom stereocenters. The quantitative estimate of drug-likeness (QED) is 0.882. The van der Waals surface area contributed by atoms with E-state index in [2.05, 4.69) is 15.9 Å². The van der Waals surface area contributed by atoms with E-state index in [0.717, 1.165) is 21.2 Å². The second kappa shape index (κ2) is 4.13. The Morgan fingerprint density at radius 1 is 1.36 bits per heavy atom. The highest BCUT2D eigenvalue weighted by molar-refractivity contribution is 9.10. The first kappa shape index (κ1) is 11.2. The summed E-state index contributed by atoms with van der Waals surface area (Å²) in [6.07, 6.45) is 0. The van der Waals surface area contributed by atoms with Gasteiger partial charge in [-0.15, -0.1) is 0 Å². The maximum Gasteiger partial charge on any atom is 0.310 e. The zero-order valence-electron chi connectivity index (χ0n) is 8.47. The molecule has 3 heteroatoms. The van der Waals surface area contributed by atoms with E-state index < -0.39 is 11.9 Å². The van der Waals surface area contributed by atoms with E-state index in [1.54, 1.807) is 6.92 Å². The number of halogens is 1. The summed E-state index contributed by atoms with van der Waals surface area (Å²) in [4.78, 5) is 10.8. The Bertz CT molecular complexity index is 372. The average Bonchev–Trinajstić information content (AvgIpc) is 2.10. The fourth-order valence-electron chi connectivity index (χ4n) is 1.40. The maximum atomic E-state index is 10.8. The van der Waals surface area contributed by atoms with Crippen molar-refractivity contribution < 1.29 is 9.90 Å². The van der Waals surface area contributed by atoms with E-state index in [4.69, 9.17) is 5.11 Å². The topological polar surface area (TPSA) is 37.3 Å². The molecule has 1 aromatic carbocycles. The molecule has 1 rings (SSSR count). The van der Waals surface area contributed by atoms with Crippen LogP contribution in [0.3, 0.4) is 0 Å². The van der Waals surface area contributed by atoms with Gasteiger partial charge >= 0.3 is 5.97 Å². The number of benzene rings is 1. The minimum atomic E-state index is -0.783. The standard InChI is InChI=1S/C11H13BrO2/c1-6-5-10(12)7(2)4-9(6)8(3)11(13)14/h4-5,8H,1-3H3,(H,13,14). The van der Waals surface area contributed by atoms with Crippen LogP contribution in [0.4, 0.5) is 0 Å². The Hall–Kier alpha value is -0.830. The highest BCUT2D eigenvalue weighted by atomic mass is 79.9. The Morgan fingerprint density at radius 3 is 2.43 bits per heavy atom. The lowest BCUT2D eigenvalue weighted by Crippen LogP contribution is -2.09. The normalized spacial score (nSPS) is 12.6. The SMILES string of the molecule is Cc1cc(C(C)C(=O)O)c(C)cc1Br. The summed E-state index contributed by atoms with van der Waals surface area (Å²) < 4.78 is 1.02. The predicted octanol–water partition coefficient (Wildman–Crippen LogP) is 3.25. The smallest absolute Gasteiger partial charge is 0.310 e. The van der Waals surface area contributed by atoms with Crippen molar-refractivity contribution in [2.45, 2.75) is 26.7 Å². The van der Waals surface area contributed by atoms with Crippen molar-refractivity contribution >= 4 is 21.9 Å². The van der Waals surface area contributed by atoms with E-state index in [1.807, 2.05) is 26.0 Å². The van der Waals surface area contributed by atoms with Crippen LogP contribution >= 0.6 is 15.9 Å². The molecule has 0 bridgehead atoms. The van der Waals surface area contributed by atoms with Crippen molar-refractivity contribution in [3.8, 4) is 0 Å². The van der Waals surface area contributed by atoms with Gasteiger partial charge in [-0.05, 0) is 43.5 Å². The van der Waals surface area contributed by atoms with Gasteiger partial charge in [-0.25, -0.2) is 0 Å². The van der Waals surface area contributed by atoms with Crippen LogP contribution in [0.5, 0.6) is 0 Å². The molecule has 76 valence electrons. The van der Waals surface area contributed by atoms with Crippen LogP contribution in [-0.4, -0.2) is 11.1 Å². The highest BCUT2D eigenvalue weighted by Crippen LogP contribution is 2.26. The van der Waals surface area contributed by atoms with E-state index in [-0.39, 0.29) is 0 Å². The first-order chi connectivity index (χ1) is 6.43. The van der Waals surface area contributed by atoms with E-state index >= 15 is 0 Å². The van der Waals surface area contributed by atoms with E-state index in [9.17, 15) is 4.79 Å². The van der Waals surface area contributed by atoms with Gasteiger partial charge < -0.3 is 5.11 Å². The molecule has 14 heavy (non-hydrogen) atoms. The molecule has 0 aromatic heterocycles. The molecular formula is C11H13BrO2. The van der Waals surface area contributed by atoms with Crippen molar-refractivity contribution in [2.75, 3.05) is 0 Å². The summed E-state index contributed by atoms with van der Waals surface area (Å²) in [6, 6.07) is 3.89. The lowest BCUT2D eigenvalue weighted by Gasteiger charge is -2.12. The summed E-state index contributed by atoms with van der Waals surface area (Å²) in [5.41, 5.74) is 2.97. The van der Waals surface area contributed by atoms with Gasteiger partial charge in [0.2, 0.25) is 0 Å². The maximum absolute atomic E-state index is 10.8. The molecule has 0 aliphatic rings. The number of rotatable bonds is 2. The third kappa shape index (κ3) is 2.15. The molecule has 0 radical (unpaired) electrons. The van der Waals surface area contributed by atoms with Gasteiger partial charge in [-0.2, -0.15) is 0 Å². The van der Waals surface area contributed by atoms with Gasteiger partial charge in [0.1, 0.15) is 0 Å². The lowest BCUT2D eigenvalue weighted by molar-refractivity contribution is -0.138. The van der Waals surface area contributed by atoms with E-state index in [1.165, 1.54) is 0 Å². The molecule has 0 saturated carbocycles. The number of aliphatic carboxylic acids is 1. The minimum absolute atomic E-state index is 0.443. The van der Waals surface area contributed by atoms with Crippen molar-refractivity contribution in [3.63, 3.8) is 0 Å². The Morgan fingerprint density at radius 2 is 1.93 bits per heavy atom. The predicted molar refractivity (Wildman–Crippen MR) is 59.7 cm³/mol. The number of carbonyl (C=O) groups is 1. The Kier molecular flexibility index (Phi) is 3.32.